The van der Waals surface area contributed by atoms with E-state index in [1.807, 2.05) is 60.7 Å². The number of primary amides is 1. The Balaban J connectivity index is 1.43. The summed E-state index contributed by atoms with van der Waals surface area (Å²) in [6, 6.07) is 40.9. The van der Waals surface area contributed by atoms with Crippen LogP contribution in [0.3, 0.4) is 0 Å². The number of benzene rings is 5. The highest BCUT2D eigenvalue weighted by Crippen LogP contribution is 2.48. The van der Waals surface area contributed by atoms with Crippen LogP contribution in [0.4, 0.5) is 13.2 Å². The van der Waals surface area contributed by atoms with Crippen molar-refractivity contribution >= 4 is 17.5 Å². The van der Waals surface area contributed by atoms with E-state index in [1.54, 1.807) is 66.7 Å². The van der Waals surface area contributed by atoms with E-state index in [4.69, 9.17) is 22.1 Å². The number of nitrogens with zero attached hydrogens (tertiary/aromatic N) is 1. The molecule has 0 saturated carbocycles. The lowest BCUT2D eigenvalue weighted by Crippen LogP contribution is -2.54. The van der Waals surface area contributed by atoms with Gasteiger partial charge in [0.25, 0.3) is 5.91 Å². The van der Waals surface area contributed by atoms with Gasteiger partial charge in [0.15, 0.2) is 5.60 Å². The molecule has 0 fully saturated rings. The lowest BCUT2D eigenvalue weighted by atomic mass is 9.85. The van der Waals surface area contributed by atoms with Gasteiger partial charge in [0.05, 0.1) is 6.61 Å². The molecule has 0 bridgehead atoms. The Kier molecular flexibility index (Phi) is 10.9. The summed E-state index contributed by atoms with van der Waals surface area (Å²) in [5.74, 6) is -1.06. The fourth-order valence-corrected chi connectivity index (χ4v) is 6.22. The van der Waals surface area contributed by atoms with Crippen LogP contribution in [0.1, 0.15) is 40.2 Å². The van der Waals surface area contributed by atoms with Crippen LogP contribution in [0, 0.1) is 0 Å². The molecule has 0 radical (unpaired) electrons. The van der Waals surface area contributed by atoms with Crippen LogP contribution < -0.4 is 10.5 Å². The quantitative estimate of drug-likeness (QED) is 0.0713. The third-order valence-corrected chi connectivity index (χ3v) is 9.09. The minimum atomic E-state index is -4.83. The fourth-order valence-electron chi connectivity index (χ4n) is 5.94. The summed E-state index contributed by atoms with van der Waals surface area (Å²) in [5, 5.41) is 11.4. The van der Waals surface area contributed by atoms with E-state index in [-0.39, 0.29) is 37.2 Å². The topological polar surface area (TPSA) is 75.8 Å². The lowest BCUT2D eigenvalue weighted by Gasteiger charge is -2.42. The molecule has 0 aliphatic heterocycles. The minimum absolute atomic E-state index is 0.0290. The average molecular weight is 673 g/mol. The molecule has 0 aliphatic carbocycles. The minimum Gasteiger partial charge on any atom is -0.494 e. The molecular formula is C39H36ClF3N2O3. The SMILES string of the molecule is NC(=O)C(O)(c1ccccc1)c1cccc(OCCCN(CC(c2ccccc2)c2ccccc2)C(Cl)(c2ccccc2)C(F)(F)F)c1. The molecule has 2 unspecified atom stereocenters. The summed E-state index contributed by atoms with van der Waals surface area (Å²) >= 11 is 6.77. The van der Waals surface area contributed by atoms with Crippen molar-refractivity contribution < 1.29 is 27.8 Å². The Bertz CT molecular complexity index is 1720. The Morgan fingerprint density at radius 1 is 0.729 bits per heavy atom. The molecule has 5 nitrogen and oxygen atoms in total. The Labute approximate surface area is 283 Å². The third-order valence-electron chi connectivity index (χ3n) is 8.42. The number of hydrogen-bond donors (Lipinski definition) is 2. The van der Waals surface area contributed by atoms with E-state index < -0.39 is 28.6 Å². The lowest BCUT2D eigenvalue weighted by molar-refractivity contribution is -0.206. The molecule has 0 saturated heterocycles. The molecule has 5 aromatic rings. The van der Waals surface area contributed by atoms with Gasteiger partial charge in [-0.05, 0) is 40.8 Å². The number of hydrogen-bond acceptors (Lipinski definition) is 4. The summed E-state index contributed by atoms with van der Waals surface area (Å²) in [6.45, 7) is -0.0750. The maximum Gasteiger partial charge on any atom is 0.425 e. The van der Waals surface area contributed by atoms with Crippen LogP contribution in [0.25, 0.3) is 0 Å². The molecule has 5 aromatic carbocycles. The van der Waals surface area contributed by atoms with Gasteiger partial charge in [-0.25, -0.2) is 0 Å². The van der Waals surface area contributed by atoms with E-state index in [2.05, 4.69) is 0 Å². The van der Waals surface area contributed by atoms with Crippen LogP contribution in [-0.4, -0.2) is 41.8 Å². The highest BCUT2D eigenvalue weighted by atomic mass is 35.5. The molecule has 2 atom stereocenters. The van der Waals surface area contributed by atoms with Gasteiger partial charge in [-0.3, -0.25) is 9.69 Å². The summed E-state index contributed by atoms with van der Waals surface area (Å²) in [7, 11) is 0. The fraction of sp³-hybridized carbons (Fsp3) is 0.205. The molecule has 0 aliphatic rings. The molecule has 3 N–H and O–H groups in total. The predicted octanol–water partition coefficient (Wildman–Crippen LogP) is 7.96. The van der Waals surface area contributed by atoms with Crippen molar-refractivity contribution in [1.82, 2.24) is 4.90 Å². The molecule has 9 heteroatoms. The van der Waals surface area contributed by atoms with Crippen LogP contribution >= 0.6 is 11.6 Å². The van der Waals surface area contributed by atoms with Gasteiger partial charge >= 0.3 is 6.18 Å². The van der Waals surface area contributed by atoms with Gasteiger partial charge in [-0.1, -0.05) is 145 Å². The van der Waals surface area contributed by atoms with Gasteiger partial charge < -0.3 is 15.6 Å². The van der Waals surface area contributed by atoms with Crippen molar-refractivity contribution in [2.24, 2.45) is 5.73 Å². The van der Waals surface area contributed by atoms with E-state index in [0.29, 0.717) is 11.3 Å². The number of carbonyl (C=O) groups excluding carboxylic acids is 1. The Hall–Kier alpha value is -4.63. The number of nitrogens with two attached hydrogens (primary N) is 1. The number of aliphatic hydroxyl groups is 1. The maximum atomic E-state index is 15.2. The van der Waals surface area contributed by atoms with Gasteiger partial charge in [0, 0.05) is 24.6 Å². The van der Waals surface area contributed by atoms with Crippen LogP contribution in [0.2, 0.25) is 0 Å². The molecule has 0 aromatic heterocycles. The van der Waals surface area contributed by atoms with Crippen molar-refractivity contribution in [2.75, 3.05) is 19.7 Å². The van der Waals surface area contributed by atoms with Gasteiger partial charge in [-0.15, -0.1) is 0 Å². The third kappa shape index (κ3) is 7.41. The van der Waals surface area contributed by atoms with E-state index in [1.165, 1.54) is 23.1 Å². The second-order valence-electron chi connectivity index (χ2n) is 11.5. The molecule has 5 rings (SSSR count). The number of carbonyl (C=O) groups is 1. The zero-order valence-electron chi connectivity index (χ0n) is 26.1. The summed E-state index contributed by atoms with van der Waals surface area (Å²) in [6.07, 6.45) is -4.66. The zero-order chi connectivity index (χ0) is 34.2. The van der Waals surface area contributed by atoms with Gasteiger partial charge in [0.1, 0.15) is 5.75 Å². The number of ether oxygens (including phenoxy) is 1. The van der Waals surface area contributed by atoms with Crippen LogP contribution in [-0.2, 0) is 15.4 Å². The number of rotatable bonds is 14. The van der Waals surface area contributed by atoms with Gasteiger partial charge in [0.2, 0.25) is 5.00 Å². The summed E-state index contributed by atoms with van der Waals surface area (Å²) < 4.78 is 51.5. The van der Waals surface area contributed by atoms with Crippen molar-refractivity contribution in [3.8, 4) is 5.75 Å². The van der Waals surface area contributed by atoms with Crippen LogP contribution in [0.15, 0.2) is 146 Å². The van der Waals surface area contributed by atoms with Crippen molar-refractivity contribution in [2.45, 2.75) is 29.1 Å². The van der Waals surface area contributed by atoms with Crippen LogP contribution in [0.5, 0.6) is 5.75 Å². The Morgan fingerprint density at radius 2 is 1.21 bits per heavy atom. The van der Waals surface area contributed by atoms with E-state index >= 15 is 13.2 Å². The normalized spacial score (nSPS) is 14.3. The number of amides is 1. The molecule has 1 amide bonds. The first-order chi connectivity index (χ1) is 23.0. The highest BCUT2D eigenvalue weighted by molar-refractivity contribution is 6.24. The molecule has 0 heterocycles. The smallest absolute Gasteiger partial charge is 0.425 e. The molecular weight excluding hydrogens is 637 g/mol. The average Bonchev–Trinajstić information content (AvgIpc) is 3.11. The summed E-state index contributed by atoms with van der Waals surface area (Å²) in [4.78, 5) is 10.9. The predicted molar refractivity (Wildman–Crippen MR) is 182 cm³/mol. The first kappa shape index (κ1) is 34.7. The maximum absolute atomic E-state index is 15.2. The zero-order valence-corrected chi connectivity index (χ0v) is 26.8. The van der Waals surface area contributed by atoms with Gasteiger partial charge in [-0.2, -0.15) is 13.2 Å². The molecule has 248 valence electrons. The number of alkyl halides is 4. The molecule has 0 spiro atoms. The van der Waals surface area contributed by atoms with Crippen molar-refractivity contribution in [3.05, 3.63) is 173 Å². The number of halogens is 4. The van der Waals surface area contributed by atoms with E-state index in [9.17, 15) is 9.90 Å². The summed E-state index contributed by atoms with van der Waals surface area (Å²) in [5.41, 5.74) is 5.67. The standard InChI is InChI=1S/C39H36ClF3N2O3/c40-38(39(41,42)43,32-21-11-4-12-22-32)45(28-35(29-15-5-1-6-16-29)30-17-7-2-8-18-30)25-14-26-48-34-24-13-23-33(27-34)37(47,36(44)46)31-19-9-3-10-20-31/h1-13,15-24,27,35,47H,14,25-26,28H2,(H2,44,46). The van der Waals surface area contributed by atoms with Crippen molar-refractivity contribution in [3.63, 3.8) is 0 Å². The molecule has 48 heavy (non-hydrogen) atoms. The first-order valence-corrected chi connectivity index (χ1v) is 15.9. The van der Waals surface area contributed by atoms with Crippen molar-refractivity contribution in [1.29, 1.82) is 0 Å². The second kappa shape index (κ2) is 15.1. The van der Waals surface area contributed by atoms with E-state index in [0.717, 1.165) is 11.1 Å². The highest BCUT2D eigenvalue weighted by Gasteiger charge is 2.59. The largest absolute Gasteiger partial charge is 0.494 e. The monoisotopic (exact) mass is 672 g/mol. The second-order valence-corrected chi connectivity index (χ2v) is 12.0. The Morgan fingerprint density at radius 3 is 1.71 bits per heavy atom. The first-order valence-electron chi connectivity index (χ1n) is 15.5.